The third-order valence-corrected chi connectivity index (χ3v) is 5.45. The van der Waals surface area contributed by atoms with Gasteiger partial charge in [-0.05, 0) is 42.2 Å². The molecule has 0 saturated carbocycles. The molecule has 0 bridgehead atoms. The lowest BCUT2D eigenvalue weighted by Gasteiger charge is -2.25. The summed E-state index contributed by atoms with van der Waals surface area (Å²) in [5.74, 6) is -1.25. The van der Waals surface area contributed by atoms with Crippen molar-refractivity contribution in [2.75, 3.05) is 0 Å². The van der Waals surface area contributed by atoms with Crippen molar-refractivity contribution in [3.05, 3.63) is 65.2 Å². The molecule has 5 heteroatoms. The van der Waals surface area contributed by atoms with Gasteiger partial charge in [0.25, 0.3) is 0 Å². The molecule has 2 aromatic rings. The van der Waals surface area contributed by atoms with Crippen molar-refractivity contribution in [1.29, 1.82) is 0 Å². The number of Topliss-reactive ketones (excluding diaryl/α,β-unsaturated/α-hetero) is 1. The Bertz CT molecular complexity index is 848. The lowest BCUT2D eigenvalue weighted by molar-refractivity contribution is -0.133. The first-order valence-electron chi connectivity index (χ1n) is 9.21. The Labute approximate surface area is 159 Å². The van der Waals surface area contributed by atoms with Crippen molar-refractivity contribution in [3.8, 4) is 5.75 Å². The van der Waals surface area contributed by atoms with Gasteiger partial charge in [0, 0.05) is 12.3 Å². The average Bonchev–Trinajstić information content (AvgIpc) is 2.94. The lowest BCUT2D eigenvalue weighted by Crippen LogP contribution is -2.42. The number of rotatable bonds is 6. The van der Waals surface area contributed by atoms with E-state index in [0.29, 0.717) is 12.8 Å². The van der Waals surface area contributed by atoms with Gasteiger partial charge >= 0.3 is 0 Å². The van der Waals surface area contributed by atoms with E-state index >= 15 is 0 Å². The number of hydrogen-bond donors (Lipinski definition) is 3. The summed E-state index contributed by atoms with van der Waals surface area (Å²) in [7, 11) is 0. The Hall–Kier alpha value is -2.66. The number of carbonyl (C=O) groups is 2. The monoisotopic (exact) mass is 367 g/mol. The van der Waals surface area contributed by atoms with Gasteiger partial charge in [0.05, 0.1) is 18.1 Å². The molecular formula is C22H25NO4. The molecule has 5 nitrogen and oxygen atoms in total. The minimum Gasteiger partial charge on any atom is -0.508 e. The zero-order valence-corrected chi connectivity index (χ0v) is 15.6. The summed E-state index contributed by atoms with van der Waals surface area (Å²) >= 11 is 0. The van der Waals surface area contributed by atoms with Gasteiger partial charge in [-0.1, -0.05) is 43.3 Å². The molecule has 0 radical (unpaired) electrons. The highest BCUT2D eigenvalue weighted by Gasteiger charge is 2.35. The van der Waals surface area contributed by atoms with Crippen molar-refractivity contribution in [3.63, 3.8) is 0 Å². The molecule has 0 saturated heterocycles. The van der Waals surface area contributed by atoms with E-state index in [9.17, 15) is 19.8 Å². The van der Waals surface area contributed by atoms with E-state index in [-0.39, 0.29) is 17.4 Å². The molecular weight excluding hydrogens is 342 g/mol. The molecule has 0 fully saturated rings. The second-order valence-corrected chi connectivity index (χ2v) is 7.34. The Balaban J connectivity index is 1.82. The van der Waals surface area contributed by atoms with Crippen LogP contribution in [-0.2, 0) is 22.4 Å². The van der Waals surface area contributed by atoms with Crippen molar-refractivity contribution < 1.29 is 19.8 Å². The number of amides is 1. The number of aromatic hydroxyl groups is 1. The fourth-order valence-corrected chi connectivity index (χ4v) is 3.73. The van der Waals surface area contributed by atoms with Gasteiger partial charge in [-0.25, -0.2) is 0 Å². The highest BCUT2D eigenvalue weighted by Crippen LogP contribution is 2.32. The highest BCUT2D eigenvalue weighted by molar-refractivity contribution is 5.88. The topological polar surface area (TPSA) is 86.6 Å². The van der Waals surface area contributed by atoms with Crippen molar-refractivity contribution in [1.82, 2.24) is 5.32 Å². The van der Waals surface area contributed by atoms with E-state index in [4.69, 9.17) is 0 Å². The van der Waals surface area contributed by atoms with Gasteiger partial charge in [-0.15, -0.1) is 0 Å². The summed E-state index contributed by atoms with van der Waals surface area (Å²) in [6.45, 7) is 3.22. The fourth-order valence-electron chi connectivity index (χ4n) is 3.73. The summed E-state index contributed by atoms with van der Waals surface area (Å²) in [5.41, 5.74) is 2.74. The zero-order chi connectivity index (χ0) is 19.6. The highest BCUT2D eigenvalue weighted by atomic mass is 16.3. The maximum Gasteiger partial charge on any atom is 0.224 e. The van der Waals surface area contributed by atoms with E-state index < -0.39 is 24.0 Å². The quantitative estimate of drug-likeness (QED) is 0.732. The maximum absolute atomic E-state index is 13.1. The summed E-state index contributed by atoms with van der Waals surface area (Å²) in [6, 6.07) is 13.9. The molecule has 0 heterocycles. The summed E-state index contributed by atoms with van der Waals surface area (Å²) in [6.07, 6.45) is 0.159. The fraction of sp³-hybridized carbons (Fsp3) is 0.364. The molecule has 1 amide bonds. The smallest absolute Gasteiger partial charge is 0.224 e. The molecule has 2 aromatic carbocycles. The molecule has 3 rings (SSSR count). The predicted octanol–water partition coefficient (Wildman–Crippen LogP) is 2.55. The van der Waals surface area contributed by atoms with Crippen molar-refractivity contribution in [2.24, 2.45) is 11.8 Å². The minimum atomic E-state index is -0.680. The molecule has 0 aromatic heterocycles. The predicted molar refractivity (Wildman–Crippen MR) is 102 cm³/mol. The molecule has 0 spiro atoms. The molecule has 0 unspecified atom stereocenters. The van der Waals surface area contributed by atoms with E-state index in [1.54, 1.807) is 25.1 Å². The molecule has 1 aliphatic carbocycles. The maximum atomic E-state index is 13.1. The molecule has 142 valence electrons. The van der Waals surface area contributed by atoms with Gasteiger partial charge in [0.2, 0.25) is 5.91 Å². The first kappa shape index (κ1) is 19.1. The zero-order valence-electron chi connectivity index (χ0n) is 15.6. The Morgan fingerprint density at radius 1 is 1.19 bits per heavy atom. The number of fused-ring (bicyclic) bond motifs is 1. The van der Waals surface area contributed by atoms with Crippen LogP contribution in [-0.4, -0.2) is 28.0 Å². The SMILES string of the molecule is CC(=O)[C@@H](C)[C@@H](Cc1cccc(O)c1)C(=O)N[C@H]1c2ccccc2C[C@H]1O. The van der Waals surface area contributed by atoms with E-state index in [0.717, 1.165) is 16.7 Å². The van der Waals surface area contributed by atoms with Crippen LogP contribution >= 0.6 is 0 Å². The first-order chi connectivity index (χ1) is 12.9. The number of benzene rings is 2. The van der Waals surface area contributed by atoms with Crippen molar-refractivity contribution in [2.45, 2.75) is 38.8 Å². The van der Waals surface area contributed by atoms with Crippen molar-refractivity contribution >= 4 is 11.7 Å². The first-order valence-corrected chi connectivity index (χ1v) is 9.21. The van der Waals surface area contributed by atoms with Crippen LogP contribution in [0.1, 0.15) is 36.6 Å². The average molecular weight is 367 g/mol. The van der Waals surface area contributed by atoms with Crippen LogP contribution in [0.5, 0.6) is 5.75 Å². The number of aliphatic hydroxyl groups is 1. The van der Waals surface area contributed by atoms with Crippen LogP contribution in [0.2, 0.25) is 0 Å². The molecule has 1 aliphatic rings. The molecule has 3 N–H and O–H groups in total. The largest absolute Gasteiger partial charge is 0.508 e. The van der Waals surface area contributed by atoms with Crippen LogP contribution in [0, 0.1) is 11.8 Å². The minimum absolute atomic E-state index is 0.0670. The number of nitrogens with one attached hydrogen (secondary N) is 1. The summed E-state index contributed by atoms with van der Waals surface area (Å²) < 4.78 is 0. The van der Waals surface area contributed by atoms with Gasteiger partial charge in [-0.3, -0.25) is 9.59 Å². The second kappa shape index (κ2) is 7.92. The second-order valence-electron chi connectivity index (χ2n) is 7.34. The Morgan fingerprint density at radius 2 is 1.93 bits per heavy atom. The van der Waals surface area contributed by atoms with Crippen LogP contribution < -0.4 is 5.32 Å². The molecule has 4 atom stereocenters. The number of phenolic OH excluding ortho intramolecular Hbond substituents is 1. The summed E-state index contributed by atoms with van der Waals surface area (Å²) in [5, 5.41) is 23.0. The number of carbonyl (C=O) groups excluding carboxylic acids is 2. The Morgan fingerprint density at radius 3 is 2.63 bits per heavy atom. The molecule has 0 aliphatic heterocycles. The van der Waals surface area contributed by atoms with Gasteiger partial charge in [0.1, 0.15) is 11.5 Å². The third kappa shape index (κ3) is 4.19. The number of phenols is 1. The van der Waals surface area contributed by atoms with E-state index in [1.807, 2.05) is 30.3 Å². The normalized spacial score (nSPS) is 20.6. The number of ketones is 1. The van der Waals surface area contributed by atoms with Crippen LogP contribution in [0.15, 0.2) is 48.5 Å². The van der Waals surface area contributed by atoms with Crippen LogP contribution in [0.25, 0.3) is 0 Å². The van der Waals surface area contributed by atoms with E-state index in [2.05, 4.69) is 5.32 Å². The van der Waals surface area contributed by atoms with Gasteiger partial charge < -0.3 is 15.5 Å². The Kier molecular flexibility index (Phi) is 5.61. The third-order valence-electron chi connectivity index (χ3n) is 5.45. The van der Waals surface area contributed by atoms with Crippen LogP contribution in [0.4, 0.5) is 0 Å². The number of aliphatic hydroxyl groups excluding tert-OH is 1. The van der Waals surface area contributed by atoms with Gasteiger partial charge in [0.15, 0.2) is 0 Å². The van der Waals surface area contributed by atoms with Gasteiger partial charge in [-0.2, -0.15) is 0 Å². The summed E-state index contributed by atoms with van der Waals surface area (Å²) in [4.78, 5) is 25.0. The van der Waals surface area contributed by atoms with E-state index in [1.165, 1.54) is 6.92 Å². The lowest BCUT2D eigenvalue weighted by atomic mass is 9.84. The number of hydrogen-bond acceptors (Lipinski definition) is 4. The van der Waals surface area contributed by atoms with Crippen LogP contribution in [0.3, 0.4) is 0 Å². The molecule has 27 heavy (non-hydrogen) atoms. The standard InChI is InChI=1S/C22H25NO4/c1-13(14(2)24)19(11-15-6-5-8-17(25)10-15)22(27)23-21-18-9-4-3-7-16(18)12-20(21)26/h3-10,13,19-21,25-26H,11-12H2,1-2H3,(H,23,27)/t13-,19-,20-,21+/m1/s1.